The molecule has 0 saturated heterocycles. The lowest BCUT2D eigenvalue weighted by Crippen LogP contribution is -2.57. The average molecular weight is 228 g/mol. The van der Waals surface area contributed by atoms with Crippen molar-refractivity contribution >= 4 is 11.9 Å². The first kappa shape index (κ1) is 12.8. The first-order chi connectivity index (χ1) is 7.52. The number of hydrazine groups is 1. The molecule has 0 heterocycles. The Morgan fingerprint density at radius 2 is 2.06 bits per heavy atom. The third-order valence-electron chi connectivity index (χ3n) is 2.99. The zero-order chi connectivity index (χ0) is 12.1. The van der Waals surface area contributed by atoms with E-state index >= 15 is 0 Å². The summed E-state index contributed by atoms with van der Waals surface area (Å²) in [7, 11) is 0. The van der Waals surface area contributed by atoms with E-state index in [0.717, 1.165) is 25.7 Å². The van der Waals surface area contributed by atoms with Crippen LogP contribution in [0.2, 0.25) is 0 Å². The molecule has 0 spiro atoms. The molecule has 16 heavy (non-hydrogen) atoms. The lowest BCUT2D eigenvalue weighted by molar-refractivity contribution is -0.145. The lowest BCUT2D eigenvalue weighted by atomic mass is 9.94. The van der Waals surface area contributed by atoms with E-state index in [1.807, 2.05) is 0 Å². The maximum atomic E-state index is 11.0. The van der Waals surface area contributed by atoms with Crippen LogP contribution in [-0.2, 0) is 4.79 Å². The number of carboxylic acid groups (broad SMARTS) is 1. The molecule has 1 saturated carbocycles. The molecule has 0 bridgehead atoms. The summed E-state index contributed by atoms with van der Waals surface area (Å²) < 4.78 is 0. The maximum Gasteiger partial charge on any atom is 0.322 e. The van der Waals surface area contributed by atoms with E-state index in [1.165, 1.54) is 6.42 Å². The van der Waals surface area contributed by atoms with E-state index in [9.17, 15) is 4.79 Å². The molecule has 0 radical (unpaired) electrons. The number of aliphatic carboxylic acids is 1. The largest absolute Gasteiger partial charge is 0.480 e. The van der Waals surface area contributed by atoms with Gasteiger partial charge in [-0.2, -0.15) is 0 Å². The van der Waals surface area contributed by atoms with Crippen molar-refractivity contribution in [2.24, 2.45) is 5.73 Å². The fraction of sp³-hybridized carbons (Fsp3) is 0.800. The van der Waals surface area contributed by atoms with Crippen LogP contribution in [0, 0.1) is 5.41 Å². The van der Waals surface area contributed by atoms with Crippen molar-refractivity contribution in [3.63, 3.8) is 0 Å². The van der Waals surface area contributed by atoms with Gasteiger partial charge in [0.1, 0.15) is 6.04 Å². The molecule has 0 amide bonds. The van der Waals surface area contributed by atoms with Crippen molar-refractivity contribution in [3.05, 3.63) is 0 Å². The van der Waals surface area contributed by atoms with Crippen LogP contribution in [0.25, 0.3) is 0 Å². The molecule has 92 valence electrons. The van der Waals surface area contributed by atoms with Gasteiger partial charge in [0.15, 0.2) is 0 Å². The molecule has 1 aliphatic rings. The number of carbonyl (C=O) groups is 1. The Hall–Kier alpha value is -1.30. The van der Waals surface area contributed by atoms with Crippen LogP contribution >= 0.6 is 0 Å². The van der Waals surface area contributed by atoms with Crippen molar-refractivity contribution in [1.82, 2.24) is 10.4 Å². The van der Waals surface area contributed by atoms with Crippen LogP contribution in [0.15, 0.2) is 0 Å². The third-order valence-corrected chi connectivity index (χ3v) is 2.99. The van der Waals surface area contributed by atoms with Crippen LogP contribution in [-0.4, -0.2) is 34.1 Å². The molecule has 0 aromatic rings. The van der Waals surface area contributed by atoms with Crippen LogP contribution in [0.1, 0.15) is 39.0 Å². The number of nitrogens with one attached hydrogen (secondary N) is 2. The van der Waals surface area contributed by atoms with Crippen molar-refractivity contribution in [2.75, 3.05) is 0 Å². The molecule has 5 N–H and O–H groups in total. The highest BCUT2D eigenvalue weighted by Gasteiger charge is 2.29. The van der Waals surface area contributed by atoms with Crippen LogP contribution in [0.5, 0.6) is 0 Å². The number of guanidine groups is 1. The fourth-order valence-corrected chi connectivity index (χ4v) is 2.12. The molecule has 0 aromatic heterocycles. The Bertz CT molecular complexity index is 264. The molecule has 6 nitrogen and oxygen atoms in total. The highest BCUT2D eigenvalue weighted by atomic mass is 16.4. The Balaban J connectivity index is 2.68. The number of nitrogens with zero attached hydrogens (tertiary/aromatic N) is 1. The van der Waals surface area contributed by atoms with Gasteiger partial charge < -0.3 is 10.8 Å². The van der Waals surface area contributed by atoms with Gasteiger partial charge in [0.25, 0.3) is 0 Å². The Kier molecular flexibility index (Phi) is 4.54. The van der Waals surface area contributed by atoms with Gasteiger partial charge in [0, 0.05) is 6.04 Å². The molecule has 1 rings (SSSR count). The maximum absolute atomic E-state index is 11.0. The van der Waals surface area contributed by atoms with E-state index in [2.05, 4.69) is 5.43 Å². The van der Waals surface area contributed by atoms with Crippen LogP contribution in [0.4, 0.5) is 0 Å². The minimum atomic E-state index is -0.903. The van der Waals surface area contributed by atoms with E-state index in [-0.39, 0.29) is 12.0 Å². The molecule has 6 heteroatoms. The number of rotatable bonds is 4. The summed E-state index contributed by atoms with van der Waals surface area (Å²) in [5, 5.41) is 17.8. The van der Waals surface area contributed by atoms with E-state index in [1.54, 1.807) is 11.9 Å². The van der Waals surface area contributed by atoms with E-state index in [4.69, 9.17) is 16.2 Å². The zero-order valence-corrected chi connectivity index (χ0v) is 9.57. The SMILES string of the molecule is C[C@@H](C(=O)O)N(NC(=N)N)C1CCCCC1. The number of hydrogen-bond donors (Lipinski definition) is 4. The normalized spacial score (nSPS) is 19.4. The van der Waals surface area contributed by atoms with E-state index in [0.29, 0.717) is 0 Å². The van der Waals surface area contributed by atoms with Gasteiger partial charge in [0.2, 0.25) is 5.96 Å². The van der Waals surface area contributed by atoms with Gasteiger partial charge >= 0.3 is 5.97 Å². The Morgan fingerprint density at radius 3 is 2.50 bits per heavy atom. The van der Waals surface area contributed by atoms with Gasteiger partial charge in [-0.15, -0.1) is 0 Å². The Labute approximate surface area is 95.3 Å². The first-order valence-corrected chi connectivity index (χ1v) is 5.64. The highest BCUT2D eigenvalue weighted by Crippen LogP contribution is 2.22. The quantitative estimate of drug-likeness (QED) is 0.318. The molecule has 0 aliphatic heterocycles. The van der Waals surface area contributed by atoms with Crippen LogP contribution < -0.4 is 11.2 Å². The molecular weight excluding hydrogens is 208 g/mol. The average Bonchev–Trinajstić information content (AvgIpc) is 2.26. The second kappa shape index (κ2) is 5.69. The lowest BCUT2D eigenvalue weighted by Gasteiger charge is -2.36. The van der Waals surface area contributed by atoms with Gasteiger partial charge in [-0.3, -0.25) is 15.6 Å². The van der Waals surface area contributed by atoms with Crippen molar-refractivity contribution in [2.45, 2.75) is 51.1 Å². The minimum Gasteiger partial charge on any atom is -0.480 e. The molecule has 0 unspecified atom stereocenters. The van der Waals surface area contributed by atoms with Crippen LogP contribution in [0.3, 0.4) is 0 Å². The van der Waals surface area contributed by atoms with Gasteiger partial charge in [-0.1, -0.05) is 19.3 Å². The summed E-state index contributed by atoms with van der Waals surface area (Å²) in [4.78, 5) is 11.0. The summed E-state index contributed by atoms with van der Waals surface area (Å²) in [6.07, 6.45) is 5.32. The van der Waals surface area contributed by atoms with Crippen molar-refractivity contribution < 1.29 is 9.90 Å². The fourth-order valence-electron chi connectivity index (χ4n) is 2.12. The topological polar surface area (TPSA) is 102 Å². The second-order valence-corrected chi connectivity index (χ2v) is 4.24. The monoisotopic (exact) mass is 228 g/mol. The summed E-state index contributed by atoms with van der Waals surface area (Å²) in [6.45, 7) is 1.60. The van der Waals surface area contributed by atoms with Crippen molar-refractivity contribution in [3.8, 4) is 0 Å². The van der Waals surface area contributed by atoms with Gasteiger partial charge in [0.05, 0.1) is 0 Å². The molecule has 1 aliphatic carbocycles. The number of hydrogen-bond acceptors (Lipinski definition) is 3. The van der Waals surface area contributed by atoms with E-state index < -0.39 is 12.0 Å². The second-order valence-electron chi connectivity index (χ2n) is 4.24. The molecular formula is C10H20N4O2. The first-order valence-electron chi connectivity index (χ1n) is 5.64. The van der Waals surface area contributed by atoms with Gasteiger partial charge in [-0.05, 0) is 19.8 Å². The Morgan fingerprint density at radius 1 is 1.50 bits per heavy atom. The standard InChI is InChI=1S/C10H20N4O2/c1-7(9(15)16)14(13-10(11)12)8-5-3-2-4-6-8/h7-8H,2-6H2,1H3,(H,15,16)(H4,11,12,13)/t7-/m0/s1. The predicted octanol–water partition coefficient (Wildman–Crippen LogP) is 0.492. The predicted molar refractivity (Wildman–Crippen MR) is 60.9 cm³/mol. The number of carboxylic acids is 1. The molecule has 1 atom stereocenters. The molecule has 1 fully saturated rings. The van der Waals surface area contributed by atoms with Crippen molar-refractivity contribution in [1.29, 1.82) is 5.41 Å². The summed E-state index contributed by atoms with van der Waals surface area (Å²) >= 11 is 0. The smallest absolute Gasteiger partial charge is 0.322 e. The number of nitrogens with two attached hydrogens (primary N) is 1. The summed E-state index contributed by atoms with van der Waals surface area (Å²) in [5.74, 6) is -1.11. The molecule has 0 aromatic carbocycles. The zero-order valence-electron chi connectivity index (χ0n) is 9.57. The third kappa shape index (κ3) is 3.37. The minimum absolute atomic E-state index is 0.156. The highest BCUT2D eigenvalue weighted by molar-refractivity contribution is 5.76. The van der Waals surface area contributed by atoms with Gasteiger partial charge in [-0.25, -0.2) is 5.01 Å². The summed E-state index contributed by atoms with van der Waals surface area (Å²) in [6, 6.07) is -0.518. The summed E-state index contributed by atoms with van der Waals surface area (Å²) in [5.41, 5.74) is 7.92.